The van der Waals surface area contributed by atoms with Gasteiger partial charge in [-0.3, -0.25) is 0 Å². The predicted octanol–water partition coefficient (Wildman–Crippen LogP) is -2.47. The second-order valence-corrected chi connectivity index (χ2v) is 6.63. The van der Waals surface area contributed by atoms with Crippen LogP contribution in [0.2, 0.25) is 4.13 Å². The third-order valence-corrected chi connectivity index (χ3v) is 6.04. The smallest absolute Gasteiger partial charge is 1.00 e. The summed E-state index contributed by atoms with van der Waals surface area (Å²) < 4.78 is 3.39. The summed E-state index contributed by atoms with van der Waals surface area (Å²) in [4.78, 5) is 0. The van der Waals surface area contributed by atoms with Gasteiger partial charge >= 0.3 is 81.5 Å². The fourth-order valence-electron chi connectivity index (χ4n) is 1.24. The van der Waals surface area contributed by atoms with Gasteiger partial charge in [-0.25, -0.2) is 0 Å². The summed E-state index contributed by atoms with van der Waals surface area (Å²) >= 11 is -0.118. The van der Waals surface area contributed by atoms with Crippen molar-refractivity contribution in [3.63, 3.8) is 0 Å². The van der Waals surface area contributed by atoms with E-state index >= 15 is 0 Å². The minimum Gasteiger partial charge on any atom is -1.00 e. The Morgan fingerprint density at radius 1 is 1.38 bits per heavy atom. The molecule has 0 radical (unpaired) electrons. The van der Waals surface area contributed by atoms with Crippen molar-refractivity contribution < 1.29 is 48.0 Å². The van der Waals surface area contributed by atoms with Crippen molar-refractivity contribution in [1.82, 2.24) is 0 Å². The van der Waals surface area contributed by atoms with Gasteiger partial charge in [-0.15, -0.1) is 0 Å². The summed E-state index contributed by atoms with van der Waals surface area (Å²) in [7, 11) is 0. The Hall–Kier alpha value is 0.943. The van der Waals surface area contributed by atoms with Gasteiger partial charge < -0.3 is 24.8 Å². The first-order chi connectivity index (χ1) is 5.34. The van der Waals surface area contributed by atoms with Crippen LogP contribution in [0.4, 0.5) is 0 Å². The topological polar surface area (TPSA) is 0 Å². The minimum atomic E-state index is -0.118. The normalized spacial score (nSPS) is 13.4. The molecular weight excluding hydrogens is 282 g/mol. The Morgan fingerprint density at radius 2 is 2.08 bits per heavy atom. The van der Waals surface area contributed by atoms with E-state index < -0.39 is 0 Å². The monoisotopic (exact) mass is 296 g/mol. The summed E-state index contributed by atoms with van der Waals surface area (Å²) in [6.45, 7) is 4.55. The first-order valence-corrected chi connectivity index (χ1v) is 7.41. The van der Waals surface area contributed by atoms with Crippen LogP contribution in [-0.4, -0.2) is 0 Å². The van der Waals surface area contributed by atoms with Crippen molar-refractivity contribution in [2.45, 2.75) is 37.2 Å². The molecule has 0 saturated carbocycles. The average molecular weight is 298 g/mol. The molecule has 0 unspecified atom stereocenters. The van der Waals surface area contributed by atoms with Crippen molar-refractivity contribution in [2.24, 2.45) is 0 Å². The molecule has 13 heavy (non-hydrogen) atoms. The second kappa shape index (κ2) is 9.50. The SMILES string of the molecule is CCC[CH2][Zr+2][C]1=C(C)C=CC1.[Cl-].[Cl-]. The van der Waals surface area contributed by atoms with E-state index in [0.717, 1.165) is 0 Å². The Morgan fingerprint density at radius 3 is 2.54 bits per heavy atom. The minimum absolute atomic E-state index is 0. The van der Waals surface area contributed by atoms with E-state index in [-0.39, 0.29) is 48.0 Å². The van der Waals surface area contributed by atoms with Crippen molar-refractivity contribution >= 4 is 0 Å². The van der Waals surface area contributed by atoms with Gasteiger partial charge in [-0.1, -0.05) is 0 Å². The Bertz CT molecular complexity index is 185. The Kier molecular flexibility index (Phi) is 12.0. The molecule has 1 aliphatic rings. The van der Waals surface area contributed by atoms with Crippen LogP contribution in [0.1, 0.15) is 33.1 Å². The maximum absolute atomic E-state index is 2.32. The van der Waals surface area contributed by atoms with Crippen LogP contribution in [0, 0.1) is 0 Å². The van der Waals surface area contributed by atoms with E-state index in [1.165, 1.54) is 19.3 Å². The van der Waals surface area contributed by atoms with Crippen molar-refractivity contribution in [2.75, 3.05) is 0 Å². The molecule has 0 nitrogen and oxygen atoms in total. The Balaban J connectivity index is 0. The molecule has 0 N–H and O–H groups in total. The van der Waals surface area contributed by atoms with Gasteiger partial charge in [0.25, 0.3) is 0 Å². The molecule has 0 amide bonds. The fourth-order valence-corrected chi connectivity index (χ4v) is 4.82. The van der Waals surface area contributed by atoms with Gasteiger partial charge in [0.2, 0.25) is 0 Å². The molecule has 0 heterocycles. The van der Waals surface area contributed by atoms with Crippen molar-refractivity contribution in [3.8, 4) is 0 Å². The van der Waals surface area contributed by atoms with Crippen LogP contribution in [0.5, 0.6) is 0 Å². The molecule has 0 aromatic heterocycles. The average Bonchev–Trinajstić information content (AvgIpc) is 2.37. The molecular formula is C10H16Cl2Zr. The third kappa shape index (κ3) is 6.10. The third-order valence-electron chi connectivity index (χ3n) is 2.03. The van der Waals surface area contributed by atoms with Crippen molar-refractivity contribution in [3.05, 3.63) is 21.0 Å². The Labute approximate surface area is 106 Å². The summed E-state index contributed by atoms with van der Waals surface area (Å²) in [5.74, 6) is 0. The van der Waals surface area contributed by atoms with Gasteiger partial charge in [-0.2, -0.15) is 0 Å². The molecule has 0 spiro atoms. The molecule has 74 valence electrons. The van der Waals surface area contributed by atoms with Crippen LogP contribution in [-0.2, 0) is 23.2 Å². The standard InChI is InChI=1S/C6H7.C4H9.2ClH.Zr/c1-6-4-2-3-5-6;1-3-4-2;;;/h2,4H,3H2,1H3;1,3-4H2,2H3;2*1H;/q;;;;+2/p-2. The van der Waals surface area contributed by atoms with Crippen LogP contribution in [0.25, 0.3) is 0 Å². The van der Waals surface area contributed by atoms with E-state index in [0.29, 0.717) is 0 Å². The van der Waals surface area contributed by atoms with Crippen LogP contribution < -0.4 is 24.8 Å². The molecule has 3 heteroatoms. The predicted molar refractivity (Wildman–Crippen MR) is 46.2 cm³/mol. The van der Waals surface area contributed by atoms with Crippen LogP contribution >= 0.6 is 0 Å². The second-order valence-electron chi connectivity index (χ2n) is 3.05. The molecule has 1 rings (SSSR count). The van der Waals surface area contributed by atoms with Crippen LogP contribution in [0.3, 0.4) is 0 Å². The van der Waals surface area contributed by atoms with Crippen molar-refractivity contribution in [1.29, 1.82) is 0 Å². The zero-order valence-corrected chi connectivity index (χ0v) is 12.2. The fraction of sp³-hybridized carbons (Fsp3) is 0.600. The number of unbranched alkanes of at least 4 members (excludes halogenated alkanes) is 1. The number of hydrogen-bond donors (Lipinski definition) is 0. The van der Waals surface area contributed by atoms with Crippen LogP contribution in [0.15, 0.2) is 21.0 Å². The summed E-state index contributed by atoms with van der Waals surface area (Å²) in [6.07, 6.45) is 8.74. The summed E-state index contributed by atoms with van der Waals surface area (Å²) in [5.41, 5.74) is 1.59. The van der Waals surface area contributed by atoms with E-state index in [4.69, 9.17) is 0 Å². The largest absolute Gasteiger partial charge is 1.00 e. The molecule has 0 aromatic carbocycles. The van der Waals surface area contributed by atoms with Gasteiger partial charge in [0.05, 0.1) is 0 Å². The maximum atomic E-state index is 2.32. The zero-order valence-electron chi connectivity index (χ0n) is 8.24. The van der Waals surface area contributed by atoms with E-state index in [1.807, 2.05) is 3.28 Å². The van der Waals surface area contributed by atoms with E-state index in [2.05, 4.69) is 26.0 Å². The molecule has 1 aliphatic carbocycles. The van der Waals surface area contributed by atoms with Gasteiger partial charge in [-0.05, 0) is 0 Å². The molecule has 0 bridgehead atoms. The summed E-state index contributed by atoms with van der Waals surface area (Å²) in [6, 6.07) is 0. The first kappa shape index (κ1) is 16.4. The van der Waals surface area contributed by atoms with E-state index in [9.17, 15) is 0 Å². The van der Waals surface area contributed by atoms with E-state index in [1.54, 1.807) is 9.70 Å². The summed E-state index contributed by atoms with van der Waals surface area (Å²) in [5, 5.41) is 0. The first-order valence-electron chi connectivity index (χ1n) is 4.44. The molecule has 0 saturated heterocycles. The molecule has 0 fully saturated rings. The molecule has 0 aromatic rings. The number of hydrogen-bond acceptors (Lipinski definition) is 0. The molecule has 0 atom stereocenters. The maximum Gasteiger partial charge on any atom is -1.00 e. The number of halogens is 2. The molecule has 0 aliphatic heterocycles. The zero-order chi connectivity index (χ0) is 8.10. The van der Waals surface area contributed by atoms with Gasteiger partial charge in [0, 0.05) is 0 Å². The number of rotatable bonds is 4. The quantitative estimate of drug-likeness (QED) is 0.505. The van der Waals surface area contributed by atoms with Gasteiger partial charge in [0.1, 0.15) is 0 Å². The van der Waals surface area contributed by atoms with Gasteiger partial charge in [0.15, 0.2) is 0 Å². The number of allylic oxidation sites excluding steroid dienone is 4.